The van der Waals surface area contributed by atoms with Crippen molar-refractivity contribution in [2.75, 3.05) is 23.5 Å². The standard InChI is InChI=1S/C29H26N2O6/c1-36-19-4-2-3-17(12-19)30-14-15(11-24(30)32)29(35)37-18-7-5-16(6-8-18)31-27(33)25-20-9-10-21(23-13-22(20)23)26(25)28(31)34/h2-10,12,15,20-23,25-26H,11,13-14H2,1H3/t15-,20+,21+,22-,23+,25-,26+/m1/s1. The van der Waals surface area contributed by atoms with Gasteiger partial charge in [-0.2, -0.15) is 0 Å². The van der Waals surface area contributed by atoms with Crippen molar-refractivity contribution in [3.05, 3.63) is 60.7 Å². The van der Waals surface area contributed by atoms with Crippen LogP contribution in [0.2, 0.25) is 0 Å². The van der Waals surface area contributed by atoms with Crippen LogP contribution in [-0.2, 0) is 19.2 Å². The molecule has 2 saturated carbocycles. The molecular weight excluding hydrogens is 472 g/mol. The Bertz CT molecular complexity index is 1330. The zero-order valence-corrected chi connectivity index (χ0v) is 20.3. The third kappa shape index (κ3) is 3.35. The first-order valence-corrected chi connectivity index (χ1v) is 12.8. The Balaban J connectivity index is 1.03. The van der Waals surface area contributed by atoms with Gasteiger partial charge in [-0.25, -0.2) is 0 Å². The molecule has 3 amide bonds. The molecule has 8 rings (SSSR count). The summed E-state index contributed by atoms with van der Waals surface area (Å²) in [5, 5.41) is 0. The first-order valence-electron chi connectivity index (χ1n) is 12.8. The smallest absolute Gasteiger partial charge is 0.316 e. The second-order valence-corrected chi connectivity index (χ2v) is 10.7. The summed E-state index contributed by atoms with van der Waals surface area (Å²) in [5.41, 5.74) is 1.17. The van der Waals surface area contributed by atoms with Gasteiger partial charge in [0, 0.05) is 24.7 Å². The van der Waals surface area contributed by atoms with Crippen molar-refractivity contribution >= 4 is 35.1 Å². The van der Waals surface area contributed by atoms with Crippen LogP contribution in [0.15, 0.2) is 60.7 Å². The number of allylic oxidation sites excluding steroid dienone is 2. The number of hydrogen-bond donors (Lipinski definition) is 0. The number of carbonyl (C=O) groups excluding carboxylic acids is 4. The number of hydrogen-bond acceptors (Lipinski definition) is 6. The molecule has 0 spiro atoms. The summed E-state index contributed by atoms with van der Waals surface area (Å²) >= 11 is 0. The summed E-state index contributed by atoms with van der Waals surface area (Å²) in [6, 6.07) is 13.6. The van der Waals surface area contributed by atoms with Gasteiger partial charge in [-0.3, -0.25) is 24.1 Å². The minimum atomic E-state index is -0.599. The van der Waals surface area contributed by atoms with E-state index in [9.17, 15) is 19.2 Å². The van der Waals surface area contributed by atoms with Crippen molar-refractivity contribution in [3.63, 3.8) is 0 Å². The highest BCUT2D eigenvalue weighted by atomic mass is 16.5. The van der Waals surface area contributed by atoms with Gasteiger partial charge < -0.3 is 14.4 Å². The Hall–Kier alpha value is -3.94. The molecule has 2 saturated heterocycles. The topological polar surface area (TPSA) is 93.2 Å². The lowest BCUT2D eigenvalue weighted by Crippen LogP contribution is -2.40. The highest BCUT2D eigenvalue weighted by Gasteiger charge is 2.67. The molecule has 37 heavy (non-hydrogen) atoms. The molecule has 2 heterocycles. The molecule has 8 heteroatoms. The van der Waals surface area contributed by atoms with E-state index in [4.69, 9.17) is 9.47 Å². The van der Waals surface area contributed by atoms with Gasteiger partial charge in [-0.05, 0) is 66.5 Å². The Labute approximate surface area is 213 Å². The number of benzene rings is 2. The molecule has 4 aliphatic carbocycles. The maximum Gasteiger partial charge on any atom is 0.316 e. The second-order valence-electron chi connectivity index (χ2n) is 10.7. The van der Waals surface area contributed by atoms with Crippen LogP contribution in [0.5, 0.6) is 11.5 Å². The highest BCUT2D eigenvalue weighted by molar-refractivity contribution is 6.22. The molecule has 0 N–H and O–H groups in total. The molecule has 2 aliphatic heterocycles. The summed E-state index contributed by atoms with van der Waals surface area (Å²) in [6.07, 6.45) is 5.49. The fourth-order valence-corrected chi connectivity index (χ4v) is 6.97. The first kappa shape index (κ1) is 22.3. The minimum absolute atomic E-state index is 0.0615. The Kier molecular flexibility index (Phi) is 4.83. The minimum Gasteiger partial charge on any atom is -0.497 e. The van der Waals surface area contributed by atoms with Crippen LogP contribution >= 0.6 is 0 Å². The maximum atomic E-state index is 13.3. The van der Waals surface area contributed by atoms with E-state index in [1.54, 1.807) is 60.5 Å². The second kappa shape index (κ2) is 8.03. The van der Waals surface area contributed by atoms with E-state index >= 15 is 0 Å². The van der Waals surface area contributed by atoms with Crippen molar-refractivity contribution in [2.45, 2.75) is 12.8 Å². The van der Waals surface area contributed by atoms with E-state index < -0.39 is 11.9 Å². The number of esters is 1. The molecule has 0 aromatic heterocycles. The molecule has 7 atom stereocenters. The largest absolute Gasteiger partial charge is 0.497 e. The Morgan fingerprint density at radius 3 is 2.19 bits per heavy atom. The summed E-state index contributed by atoms with van der Waals surface area (Å²) < 4.78 is 10.8. The Morgan fingerprint density at radius 2 is 1.54 bits per heavy atom. The van der Waals surface area contributed by atoms with E-state index in [2.05, 4.69) is 12.2 Å². The zero-order chi connectivity index (χ0) is 25.4. The van der Waals surface area contributed by atoms with Gasteiger partial charge in [0.05, 0.1) is 30.6 Å². The number of methoxy groups -OCH3 is 1. The van der Waals surface area contributed by atoms with Crippen LogP contribution in [0, 0.1) is 41.4 Å². The molecule has 2 aromatic carbocycles. The van der Waals surface area contributed by atoms with Gasteiger partial charge in [0.2, 0.25) is 17.7 Å². The monoisotopic (exact) mass is 498 g/mol. The number of nitrogens with zero attached hydrogens (tertiary/aromatic N) is 2. The molecule has 6 aliphatic rings. The predicted octanol–water partition coefficient (Wildman–Crippen LogP) is 3.21. The van der Waals surface area contributed by atoms with Crippen LogP contribution in [0.4, 0.5) is 11.4 Å². The van der Waals surface area contributed by atoms with Crippen LogP contribution in [0.3, 0.4) is 0 Å². The molecule has 0 unspecified atom stereocenters. The summed E-state index contributed by atoms with van der Waals surface area (Å²) in [5.74, 6) is 0.399. The number of ether oxygens (including phenoxy) is 2. The number of anilines is 2. The van der Waals surface area contributed by atoms with Crippen molar-refractivity contribution < 1.29 is 28.7 Å². The van der Waals surface area contributed by atoms with Gasteiger partial charge in [0.25, 0.3) is 0 Å². The molecule has 4 fully saturated rings. The van der Waals surface area contributed by atoms with E-state index in [0.29, 0.717) is 34.7 Å². The molecule has 188 valence electrons. The summed E-state index contributed by atoms with van der Waals surface area (Å²) in [7, 11) is 1.56. The van der Waals surface area contributed by atoms with E-state index in [1.165, 1.54) is 4.90 Å². The number of carbonyl (C=O) groups is 4. The van der Waals surface area contributed by atoms with Gasteiger partial charge in [-0.15, -0.1) is 0 Å². The van der Waals surface area contributed by atoms with Gasteiger partial charge in [-0.1, -0.05) is 18.2 Å². The first-order chi connectivity index (χ1) is 17.9. The average molecular weight is 499 g/mol. The van der Waals surface area contributed by atoms with E-state index in [1.807, 2.05) is 0 Å². The SMILES string of the molecule is COc1cccc(N2C[C@H](C(=O)Oc3ccc(N4C(=O)[C@@H]5[C@H]6C=C[C@@H]([C@@H]7C[C@H]67)[C@@H]5C4=O)cc3)CC2=O)c1. The fourth-order valence-electron chi connectivity index (χ4n) is 6.97. The maximum absolute atomic E-state index is 13.3. The molecule has 0 radical (unpaired) electrons. The quantitative estimate of drug-likeness (QED) is 0.272. The lowest BCUT2D eigenvalue weighted by atomic mass is 9.63. The van der Waals surface area contributed by atoms with Gasteiger partial charge in [0.1, 0.15) is 11.5 Å². The van der Waals surface area contributed by atoms with Gasteiger partial charge >= 0.3 is 5.97 Å². The lowest BCUT2D eigenvalue weighted by Gasteiger charge is -2.37. The molecular formula is C29H26N2O6. The van der Waals surface area contributed by atoms with Crippen LogP contribution in [0.1, 0.15) is 12.8 Å². The third-order valence-corrected chi connectivity index (χ3v) is 8.80. The third-order valence-electron chi connectivity index (χ3n) is 8.80. The number of imide groups is 1. The van der Waals surface area contributed by atoms with E-state index in [0.717, 1.165) is 6.42 Å². The molecule has 8 nitrogen and oxygen atoms in total. The summed E-state index contributed by atoms with van der Waals surface area (Å²) in [4.78, 5) is 54.9. The zero-order valence-electron chi connectivity index (χ0n) is 20.3. The van der Waals surface area contributed by atoms with Crippen molar-refractivity contribution in [3.8, 4) is 11.5 Å². The summed E-state index contributed by atoms with van der Waals surface area (Å²) in [6.45, 7) is 0.223. The van der Waals surface area contributed by atoms with Crippen molar-refractivity contribution in [2.24, 2.45) is 41.4 Å². The van der Waals surface area contributed by atoms with Crippen LogP contribution in [0.25, 0.3) is 0 Å². The predicted molar refractivity (Wildman–Crippen MR) is 133 cm³/mol. The highest BCUT2D eigenvalue weighted by Crippen LogP contribution is 2.65. The van der Waals surface area contributed by atoms with Crippen molar-refractivity contribution in [1.29, 1.82) is 0 Å². The lowest BCUT2D eigenvalue weighted by molar-refractivity contribution is -0.139. The fraction of sp³-hybridized carbons (Fsp3) is 0.379. The average Bonchev–Trinajstić information content (AvgIpc) is 3.59. The molecule has 2 aromatic rings. The number of amides is 3. The normalized spacial score (nSPS) is 33.0. The van der Waals surface area contributed by atoms with Crippen molar-refractivity contribution in [1.82, 2.24) is 0 Å². The van der Waals surface area contributed by atoms with Crippen LogP contribution < -0.4 is 19.3 Å². The number of rotatable bonds is 5. The van der Waals surface area contributed by atoms with E-state index in [-0.39, 0.29) is 54.4 Å². The van der Waals surface area contributed by atoms with Crippen LogP contribution in [-0.4, -0.2) is 37.3 Å². The Morgan fingerprint density at radius 1 is 0.865 bits per heavy atom. The van der Waals surface area contributed by atoms with Gasteiger partial charge in [0.15, 0.2) is 0 Å². The molecule has 2 bridgehead atoms.